The zero-order valence-electron chi connectivity index (χ0n) is 19.7. The fourth-order valence-corrected chi connectivity index (χ4v) is 4.44. The van der Waals surface area contributed by atoms with Gasteiger partial charge in [-0.25, -0.2) is 4.98 Å². The number of nitrogens with zero attached hydrogens (tertiary/aromatic N) is 4. The second-order valence-corrected chi connectivity index (χ2v) is 8.70. The average molecular weight is 475 g/mol. The van der Waals surface area contributed by atoms with E-state index in [1.807, 2.05) is 12.1 Å². The number of piperazine rings is 1. The molecule has 2 aliphatic heterocycles. The fourth-order valence-electron chi connectivity index (χ4n) is 4.44. The SMILES string of the molecule is CC(=O)c1ccc2c(c1)N(Cc1nc(C(=O)N3CCN(c4ccccc4C)CC3)co1)C(=O)CO2. The maximum atomic E-state index is 13.0. The van der Waals surface area contributed by atoms with E-state index in [4.69, 9.17) is 9.15 Å². The smallest absolute Gasteiger partial charge is 0.275 e. The summed E-state index contributed by atoms with van der Waals surface area (Å²) in [6.07, 6.45) is 1.34. The van der Waals surface area contributed by atoms with Gasteiger partial charge in [-0.05, 0) is 43.7 Å². The third-order valence-electron chi connectivity index (χ3n) is 6.40. The number of hydrogen-bond acceptors (Lipinski definition) is 7. The molecule has 0 unspecified atom stereocenters. The number of amides is 2. The van der Waals surface area contributed by atoms with E-state index in [1.165, 1.54) is 29.3 Å². The molecule has 0 atom stereocenters. The number of fused-ring (bicyclic) bond motifs is 1. The minimum absolute atomic E-state index is 0.0326. The molecule has 0 spiro atoms. The number of anilines is 2. The quantitative estimate of drug-likeness (QED) is 0.525. The summed E-state index contributed by atoms with van der Waals surface area (Å²) in [4.78, 5) is 47.3. The van der Waals surface area contributed by atoms with Crippen molar-refractivity contribution in [1.29, 1.82) is 0 Å². The van der Waals surface area contributed by atoms with Gasteiger partial charge in [0.15, 0.2) is 18.1 Å². The standard InChI is InChI=1S/C26H26N4O5/c1-17-5-3-4-6-21(17)28-9-11-29(12-10-28)26(33)20-15-35-24(27-20)14-30-22-13-19(18(2)31)7-8-23(22)34-16-25(30)32/h3-8,13,15H,9-12,14,16H2,1-2H3. The number of ketones is 1. The maximum absolute atomic E-state index is 13.0. The molecule has 9 nitrogen and oxygen atoms in total. The zero-order valence-corrected chi connectivity index (χ0v) is 19.7. The third-order valence-corrected chi connectivity index (χ3v) is 6.40. The Labute approximate surface area is 202 Å². The number of aromatic nitrogens is 1. The van der Waals surface area contributed by atoms with Crippen LogP contribution in [0.15, 0.2) is 53.1 Å². The van der Waals surface area contributed by atoms with E-state index in [2.05, 4.69) is 28.9 Å². The largest absolute Gasteiger partial charge is 0.482 e. The molecule has 0 bridgehead atoms. The van der Waals surface area contributed by atoms with E-state index in [-0.39, 0.29) is 42.3 Å². The van der Waals surface area contributed by atoms with Crippen LogP contribution in [0.25, 0.3) is 0 Å². The van der Waals surface area contributed by atoms with Crippen molar-refractivity contribution in [2.24, 2.45) is 0 Å². The van der Waals surface area contributed by atoms with Gasteiger partial charge in [0, 0.05) is 37.4 Å². The van der Waals surface area contributed by atoms with Gasteiger partial charge in [-0.2, -0.15) is 0 Å². The van der Waals surface area contributed by atoms with Crippen LogP contribution in [0.4, 0.5) is 11.4 Å². The molecule has 35 heavy (non-hydrogen) atoms. The lowest BCUT2D eigenvalue weighted by atomic mass is 10.1. The van der Waals surface area contributed by atoms with Crippen LogP contribution in [-0.4, -0.2) is 60.3 Å². The molecule has 0 saturated carbocycles. The van der Waals surface area contributed by atoms with Gasteiger partial charge in [0.1, 0.15) is 18.6 Å². The molecular weight excluding hydrogens is 448 g/mol. The molecule has 1 fully saturated rings. The Hall–Kier alpha value is -4.14. The van der Waals surface area contributed by atoms with Crippen LogP contribution < -0.4 is 14.5 Å². The van der Waals surface area contributed by atoms with E-state index in [0.29, 0.717) is 30.1 Å². The third kappa shape index (κ3) is 4.49. The van der Waals surface area contributed by atoms with Crippen molar-refractivity contribution in [1.82, 2.24) is 9.88 Å². The molecule has 0 radical (unpaired) electrons. The van der Waals surface area contributed by atoms with Crippen LogP contribution in [0.2, 0.25) is 0 Å². The molecule has 180 valence electrons. The number of hydrogen-bond donors (Lipinski definition) is 0. The van der Waals surface area contributed by atoms with Crippen LogP contribution >= 0.6 is 0 Å². The highest BCUT2D eigenvalue weighted by molar-refractivity contribution is 6.01. The van der Waals surface area contributed by atoms with Gasteiger partial charge in [-0.1, -0.05) is 18.2 Å². The molecule has 1 saturated heterocycles. The minimum Gasteiger partial charge on any atom is -0.482 e. The summed E-state index contributed by atoms with van der Waals surface area (Å²) in [5.74, 6) is 0.149. The Kier molecular flexibility index (Phi) is 5.98. The van der Waals surface area contributed by atoms with Gasteiger partial charge in [0.05, 0.1) is 5.69 Å². The summed E-state index contributed by atoms with van der Waals surface area (Å²) >= 11 is 0. The van der Waals surface area contributed by atoms with E-state index < -0.39 is 0 Å². The Morgan fingerprint density at radius 1 is 1.03 bits per heavy atom. The molecular formula is C26H26N4O5. The van der Waals surface area contributed by atoms with E-state index in [0.717, 1.165) is 13.1 Å². The van der Waals surface area contributed by atoms with Crippen LogP contribution in [0.1, 0.15) is 39.2 Å². The number of ether oxygens (including phenoxy) is 1. The first-order valence-electron chi connectivity index (χ1n) is 11.5. The molecule has 2 amide bonds. The summed E-state index contributed by atoms with van der Waals surface area (Å²) in [5.41, 5.74) is 3.56. The van der Waals surface area contributed by atoms with Gasteiger partial charge in [-0.15, -0.1) is 0 Å². The predicted octanol–water partition coefficient (Wildman–Crippen LogP) is 3.07. The first-order chi connectivity index (χ1) is 16.9. The van der Waals surface area contributed by atoms with Crippen molar-refractivity contribution in [3.05, 3.63) is 71.4 Å². The molecule has 2 aliphatic rings. The first-order valence-corrected chi connectivity index (χ1v) is 11.5. The molecule has 0 aliphatic carbocycles. The summed E-state index contributed by atoms with van der Waals surface area (Å²) in [5, 5.41) is 0. The van der Waals surface area contributed by atoms with Crippen molar-refractivity contribution < 1.29 is 23.5 Å². The van der Waals surface area contributed by atoms with E-state index in [9.17, 15) is 14.4 Å². The number of Topliss-reactive ketones (excluding diaryl/α,β-unsaturated/α-hetero) is 1. The number of carbonyl (C=O) groups is 3. The number of benzene rings is 2. The highest BCUT2D eigenvalue weighted by Gasteiger charge is 2.29. The minimum atomic E-state index is -0.281. The zero-order chi connectivity index (χ0) is 24.5. The lowest BCUT2D eigenvalue weighted by Gasteiger charge is -2.36. The summed E-state index contributed by atoms with van der Waals surface area (Å²) < 4.78 is 11.0. The highest BCUT2D eigenvalue weighted by atomic mass is 16.5. The highest BCUT2D eigenvalue weighted by Crippen LogP contribution is 2.34. The topological polar surface area (TPSA) is 96.2 Å². The predicted molar refractivity (Wildman–Crippen MR) is 129 cm³/mol. The number of oxazole rings is 1. The van der Waals surface area contributed by atoms with Gasteiger partial charge in [-0.3, -0.25) is 19.3 Å². The first kappa shape index (κ1) is 22.6. The second kappa shape index (κ2) is 9.25. The van der Waals surface area contributed by atoms with Gasteiger partial charge in [0.25, 0.3) is 11.8 Å². The Bertz CT molecular complexity index is 1290. The van der Waals surface area contributed by atoms with Crippen LogP contribution in [0, 0.1) is 6.92 Å². The Morgan fingerprint density at radius 2 is 1.80 bits per heavy atom. The summed E-state index contributed by atoms with van der Waals surface area (Å²) in [6, 6.07) is 13.2. The molecule has 2 aromatic carbocycles. The van der Waals surface area contributed by atoms with Gasteiger partial charge >= 0.3 is 0 Å². The lowest BCUT2D eigenvalue weighted by molar-refractivity contribution is -0.121. The van der Waals surface area contributed by atoms with Gasteiger partial charge < -0.3 is 19.0 Å². The summed E-state index contributed by atoms with van der Waals surface area (Å²) in [7, 11) is 0. The van der Waals surface area contributed by atoms with E-state index in [1.54, 1.807) is 23.1 Å². The molecule has 3 heterocycles. The fraction of sp³-hybridized carbons (Fsp3) is 0.308. The van der Waals surface area contributed by atoms with Crippen LogP contribution in [0.5, 0.6) is 5.75 Å². The Morgan fingerprint density at radius 3 is 2.54 bits per heavy atom. The molecule has 3 aromatic rings. The van der Waals surface area contributed by atoms with Crippen molar-refractivity contribution in [2.45, 2.75) is 20.4 Å². The van der Waals surface area contributed by atoms with Crippen molar-refractivity contribution in [3.8, 4) is 5.75 Å². The normalized spacial score (nSPS) is 15.6. The average Bonchev–Trinajstić information content (AvgIpc) is 3.34. The van der Waals surface area contributed by atoms with Crippen molar-refractivity contribution in [2.75, 3.05) is 42.6 Å². The number of aryl methyl sites for hydroxylation is 1. The molecule has 9 heteroatoms. The monoisotopic (exact) mass is 474 g/mol. The number of para-hydroxylation sites is 1. The van der Waals surface area contributed by atoms with Crippen molar-refractivity contribution in [3.63, 3.8) is 0 Å². The molecule has 1 aromatic heterocycles. The maximum Gasteiger partial charge on any atom is 0.275 e. The summed E-state index contributed by atoms with van der Waals surface area (Å²) in [6.45, 7) is 6.09. The Balaban J connectivity index is 1.27. The molecule has 5 rings (SSSR count). The van der Waals surface area contributed by atoms with Crippen molar-refractivity contribution >= 4 is 29.0 Å². The van der Waals surface area contributed by atoms with Crippen LogP contribution in [0.3, 0.4) is 0 Å². The van der Waals surface area contributed by atoms with Crippen LogP contribution in [-0.2, 0) is 11.3 Å². The lowest BCUT2D eigenvalue weighted by Crippen LogP contribution is -2.49. The number of carbonyl (C=O) groups excluding carboxylic acids is 3. The number of rotatable bonds is 5. The second-order valence-electron chi connectivity index (χ2n) is 8.70. The van der Waals surface area contributed by atoms with E-state index >= 15 is 0 Å². The van der Waals surface area contributed by atoms with Gasteiger partial charge in [0.2, 0.25) is 5.89 Å². The molecule has 0 N–H and O–H groups in total.